The Morgan fingerprint density at radius 3 is 2.56 bits per heavy atom. The highest BCUT2D eigenvalue weighted by Crippen LogP contribution is 2.22. The monoisotopic (exact) mass is 478 g/mol. The topological polar surface area (TPSA) is 121 Å². The molecule has 1 aliphatic heterocycles. The van der Waals surface area contributed by atoms with Gasteiger partial charge in [-0.05, 0) is 55.7 Å². The van der Waals surface area contributed by atoms with Crippen LogP contribution in [0.15, 0.2) is 42.5 Å². The van der Waals surface area contributed by atoms with Gasteiger partial charge in [0.1, 0.15) is 23.5 Å². The van der Waals surface area contributed by atoms with Gasteiger partial charge in [0.15, 0.2) is 0 Å². The summed E-state index contributed by atoms with van der Waals surface area (Å²) in [7, 11) is 1.56. The quantitative estimate of drug-likeness (QED) is 0.399. The lowest BCUT2D eigenvalue weighted by Gasteiger charge is -2.36. The molecule has 0 aromatic heterocycles. The molecule has 9 nitrogen and oxygen atoms in total. The van der Waals surface area contributed by atoms with Gasteiger partial charge in [-0.2, -0.15) is 0 Å². The molecule has 0 saturated carbocycles. The number of nitrogens with one attached hydrogen (secondary N) is 4. The van der Waals surface area contributed by atoms with E-state index in [1.54, 1.807) is 31.4 Å². The van der Waals surface area contributed by atoms with Crippen LogP contribution in [-0.2, 0) is 4.74 Å². The van der Waals surface area contributed by atoms with E-state index >= 15 is 0 Å². The smallest absolute Gasteiger partial charge is 0.319 e. The van der Waals surface area contributed by atoms with Gasteiger partial charge in [0, 0.05) is 18.3 Å². The van der Waals surface area contributed by atoms with Crippen molar-refractivity contribution in [3.8, 4) is 5.75 Å². The molecule has 1 heterocycles. The Hall–Kier alpha value is -3.44. The van der Waals surface area contributed by atoms with Gasteiger partial charge in [-0.3, -0.25) is 0 Å². The van der Waals surface area contributed by atoms with Gasteiger partial charge in [0.2, 0.25) is 0 Å². The van der Waals surface area contributed by atoms with Gasteiger partial charge in [-0.1, -0.05) is 0 Å². The standard InChI is InChI=1S/C23H28F2N4O5/c1-33-16-5-3-15(4-6-16)27-23(32)28-19-9-7-17(34-21(19)13-30)10-11-26-22(31)29-20-12-14(24)2-8-18(20)25/h2-6,8,12,17,19,21,30H,7,9-11,13H2,1H3,(H2,26,29,31)(H2,27,28,32)/t17-,19-,21+/m0/s1. The molecule has 3 atom stereocenters. The van der Waals surface area contributed by atoms with E-state index in [0.29, 0.717) is 30.7 Å². The summed E-state index contributed by atoms with van der Waals surface area (Å²) in [6, 6.07) is 8.18. The number of aliphatic hydroxyl groups excluding tert-OH is 1. The number of urea groups is 2. The van der Waals surface area contributed by atoms with Gasteiger partial charge >= 0.3 is 12.1 Å². The van der Waals surface area contributed by atoms with E-state index in [-0.39, 0.29) is 31.0 Å². The lowest BCUT2D eigenvalue weighted by atomic mass is 9.97. The second-order valence-electron chi connectivity index (χ2n) is 7.78. The molecule has 2 aromatic carbocycles. The minimum absolute atomic E-state index is 0.224. The number of methoxy groups -OCH3 is 1. The SMILES string of the molecule is COc1ccc(NC(=O)N[C@H]2CC[C@@H](CCNC(=O)Nc3cc(F)ccc3F)O[C@@H]2CO)cc1. The third-order valence-electron chi connectivity index (χ3n) is 5.39. The van der Waals surface area contributed by atoms with Crippen LogP contribution in [-0.4, -0.2) is 55.7 Å². The average molecular weight is 478 g/mol. The summed E-state index contributed by atoms with van der Waals surface area (Å²) >= 11 is 0. The molecule has 1 aliphatic rings. The van der Waals surface area contributed by atoms with Gasteiger partial charge in [-0.25, -0.2) is 18.4 Å². The van der Waals surface area contributed by atoms with Crippen LogP contribution in [0.1, 0.15) is 19.3 Å². The number of aliphatic hydroxyl groups is 1. The van der Waals surface area contributed by atoms with Crippen molar-refractivity contribution < 1.29 is 33.0 Å². The molecule has 0 spiro atoms. The van der Waals surface area contributed by atoms with Crippen LogP contribution in [0.25, 0.3) is 0 Å². The molecule has 0 bridgehead atoms. The van der Waals surface area contributed by atoms with Crippen molar-refractivity contribution in [2.45, 2.75) is 37.5 Å². The highest BCUT2D eigenvalue weighted by atomic mass is 19.1. The van der Waals surface area contributed by atoms with Gasteiger partial charge < -0.3 is 35.8 Å². The molecule has 1 saturated heterocycles. The van der Waals surface area contributed by atoms with Gasteiger partial charge in [-0.15, -0.1) is 0 Å². The molecule has 3 rings (SSSR count). The van der Waals surface area contributed by atoms with Crippen molar-refractivity contribution in [3.63, 3.8) is 0 Å². The second kappa shape index (κ2) is 12.1. The Kier molecular flexibility index (Phi) is 9.00. The second-order valence-corrected chi connectivity index (χ2v) is 7.78. The van der Waals surface area contributed by atoms with Crippen molar-refractivity contribution in [1.29, 1.82) is 0 Å². The summed E-state index contributed by atoms with van der Waals surface area (Å²) in [5, 5.41) is 20.1. The molecule has 34 heavy (non-hydrogen) atoms. The lowest BCUT2D eigenvalue weighted by Crippen LogP contribution is -2.52. The summed E-state index contributed by atoms with van der Waals surface area (Å²) in [5.41, 5.74) is 0.338. The van der Waals surface area contributed by atoms with Crippen LogP contribution < -0.4 is 26.0 Å². The minimum Gasteiger partial charge on any atom is -0.497 e. The summed E-state index contributed by atoms with van der Waals surface area (Å²) in [4.78, 5) is 24.3. The van der Waals surface area contributed by atoms with Crippen LogP contribution in [0.2, 0.25) is 0 Å². The van der Waals surface area contributed by atoms with E-state index in [1.165, 1.54) is 0 Å². The van der Waals surface area contributed by atoms with Crippen molar-refractivity contribution in [3.05, 3.63) is 54.1 Å². The largest absolute Gasteiger partial charge is 0.497 e. The van der Waals surface area contributed by atoms with E-state index < -0.39 is 29.8 Å². The maximum atomic E-state index is 13.6. The number of rotatable bonds is 8. The highest BCUT2D eigenvalue weighted by molar-refractivity contribution is 5.90. The maximum Gasteiger partial charge on any atom is 0.319 e. The molecule has 2 aromatic rings. The normalized spacial score (nSPS) is 19.7. The molecule has 0 unspecified atom stereocenters. The van der Waals surface area contributed by atoms with Gasteiger partial charge in [0.25, 0.3) is 0 Å². The highest BCUT2D eigenvalue weighted by Gasteiger charge is 2.31. The Bertz CT molecular complexity index is 976. The first-order valence-electron chi connectivity index (χ1n) is 10.9. The van der Waals surface area contributed by atoms with Crippen LogP contribution in [0.5, 0.6) is 5.75 Å². The van der Waals surface area contributed by atoms with Crippen molar-refractivity contribution in [1.82, 2.24) is 10.6 Å². The molecule has 184 valence electrons. The van der Waals surface area contributed by atoms with E-state index in [0.717, 1.165) is 18.2 Å². The first kappa shape index (κ1) is 25.2. The molecule has 5 N–H and O–H groups in total. The third-order valence-corrected chi connectivity index (χ3v) is 5.39. The summed E-state index contributed by atoms with van der Waals surface area (Å²) in [5.74, 6) is -0.734. The van der Waals surface area contributed by atoms with Crippen molar-refractivity contribution in [2.24, 2.45) is 0 Å². The van der Waals surface area contributed by atoms with Crippen LogP contribution >= 0.6 is 0 Å². The van der Waals surface area contributed by atoms with Crippen LogP contribution in [0, 0.1) is 11.6 Å². The Morgan fingerprint density at radius 1 is 1.09 bits per heavy atom. The van der Waals surface area contributed by atoms with E-state index in [2.05, 4.69) is 21.3 Å². The number of halogens is 2. The fourth-order valence-electron chi connectivity index (χ4n) is 3.63. The van der Waals surface area contributed by atoms with Crippen LogP contribution in [0.4, 0.5) is 29.7 Å². The summed E-state index contributed by atoms with van der Waals surface area (Å²) in [6.45, 7) is -0.0572. The van der Waals surface area contributed by atoms with Crippen molar-refractivity contribution in [2.75, 3.05) is 30.9 Å². The zero-order chi connectivity index (χ0) is 24.5. The van der Waals surface area contributed by atoms with E-state index in [9.17, 15) is 23.5 Å². The predicted octanol–water partition coefficient (Wildman–Crippen LogP) is 3.22. The minimum atomic E-state index is -0.743. The summed E-state index contributed by atoms with van der Waals surface area (Å²) < 4.78 is 37.8. The molecule has 11 heteroatoms. The molecular weight excluding hydrogens is 450 g/mol. The Morgan fingerprint density at radius 2 is 1.85 bits per heavy atom. The van der Waals surface area contributed by atoms with E-state index in [1.807, 2.05) is 0 Å². The fourth-order valence-corrected chi connectivity index (χ4v) is 3.63. The zero-order valence-electron chi connectivity index (χ0n) is 18.6. The first-order chi connectivity index (χ1) is 16.4. The van der Waals surface area contributed by atoms with Crippen molar-refractivity contribution >= 4 is 23.4 Å². The molecule has 0 aliphatic carbocycles. The molecule has 4 amide bonds. The summed E-state index contributed by atoms with van der Waals surface area (Å²) in [6.07, 6.45) is 0.778. The predicted molar refractivity (Wildman–Crippen MR) is 122 cm³/mol. The number of hydrogen-bond acceptors (Lipinski definition) is 5. The Labute approximate surface area is 195 Å². The number of hydrogen-bond donors (Lipinski definition) is 5. The lowest BCUT2D eigenvalue weighted by molar-refractivity contribution is -0.0885. The average Bonchev–Trinajstić information content (AvgIpc) is 2.82. The molecule has 1 fully saturated rings. The number of carbonyl (C=O) groups excluding carboxylic acids is 2. The third kappa shape index (κ3) is 7.29. The van der Waals surface area contributed by atoms with Gasteiger partial charge in [0.05, 0.1) is 31.5 Å². The number of ether oxygens (including phenoxy) is 2. The Balaban J connectivity index is 1.40. The number of benzene rings is 2. The zero-order valence-corrected chi connectivity index (χ0v) is 18.6. The fraction of sp³-hybridized carbons (Fsp3) is 0.391. The maximum absolute atomic E-state index is 13.6. The number of anilines is 2. The number of amides is 4. The van der Waals surface area contributed by atoms with E-state index in [4.69, 9.17) is 9.47 Å². The molecule has 0 radical (unpaired) electrons. The van der Waals surface area contributed by atoms with Crippen LogP contribution in [0.3, 0.4) is 0 Å². The first-order valence-corrected chi connectivity index (χ1v) is 10.9. The number of carbonyl (C=O) groups is 2. The molecular formula is C23H28F2N4O5.